The molecule has 0 heterocycles. The van der Waals surface area contributed by atoms with Gasteiger partial charge in [-0.1, -0.05) is 26.2 Å². The molecule has 0 aliphatic carbocycles. The quantitative estimate of drug-likeness (QED) is 0.577. The van der Waals surface area contributed by atoms with Crippen molar-refractivity contribution in [3.05, 3.63) is 0 Å². The lowest BCUT2D eigenvalue weighted by atomic mass is 10.1. The molecule has 0 saturated heterocycles. The van der Waals surface area contributed by atoms with E-state index < -0.39 is 12.1 Å². The third kappa shape index (κ3) is 7.33. The van der Waals surface area contributed by atoms with Gasteiger partial charge in [0.2, 0.25) is 0 Å². The Bertz CT molecular complexity index is 112. The molecule has 0 aromatic heterocycles. The molecule has 0 bridgehead atoms. The minimum Gasteiger partial charge on any atom is -0.481 e. The van der Waals surface area contributed by atoms with E-state index in [0.29, 0.717) is 6.42 Å². The second-order valence-corrected chi connectivity index (χ2v) is 2.75. The molecule has 0 aromatic rings. The Kier molecular flexibility index (Phi) is 5.84. The van der Waals surface area contributed by atoms with Gasteiger partial charge in [0.05, 0.1) is 12.5 Å². The van der Waals surface area contributed by atoms with Gasteiger partial charge in [0.15, 0.2) is 0 Å². The maximum absolute atomic E-state index is 10.1. The number of carbonyl (C=O) groups is 1. The molecule has 0 aromatic carbocycles. The molecular formula is C8H16O3. The lowest BCUT2D eigenvalue weighted by Crippen LogP contribution is -2.12. The maximum atomic E-state index is 10.1. The first-order chi connectivity index (χ1) is 5.16. The Hall–Kier alpha value is -0.570. The van der Waals surface area contributed by atoms with Gasteiger partial charge in [-0.05, 0) is 6.42 Å². The standard InChI is InChI=1S/C8H16O3/c1-2-3-4-5-7(9)6-8(10)11/h7,9H,2-6H2,1H3,(H,10,11)/t7-/m0/s1. The van der Waals surface area contributed by atoms with Crippen LogP contribution < -0.4 is 0 Å². The van der Waals surface area contributed by atoms with Crippen LogP contribution in [-0.2, 0) is 4.79 Å². The second kappa shape index (κ2) is 6.16. The number of unbranched alkanes of at least 4 members (excludes halogenated alkanes) is 2. The lowest BCUT2D eigenvalue weighted by molar-refractivity contribution is -0.139. The van der Waals surface area contributed by atoms with E-state index in [0.717, 1.165) is 19.3 Å². The van der Waals surface area contributed by atoms with Crippen molar-refractivity contribution in [3.8, 4) is 0 Å². The Labute approximate surface area is 67.0 Å². The normalized spacial score (nSPS) is 12.9. The van der Waals surface area contributed by atoms with Crippen LogP contribution in [0.4, 0.5) is 0 Å². The van der Waals surface area contributed by atoms with Crippen molar-refractivity contribution < 1.29 is 15.0 Å². The number of rotatable bonds is 6. The number of hydrogen-bond acceptors (Lipinski definition) is 2. The lowest BCUT2D eigenvalue weighted by Gasteiger charge is -2.05. The Morgan fingerprint density at radius 1 is 1.45 bits per heavy atom. The molecule has 2 N–H and O–H groups in total. The van der Waals surface area contributed by atoms with Crippen molar-refractivity contribution in [2.75, 3.05) is 0 Å². The molecule has 0 spiro atoms. The molecule has 0 radical (unpaired) electrons. The number of hydrogen-bond donors (Lipinski definition) is 2. The van der Waals surface area contributed by atoms with Crippen LogP contribution in [-0.4, -0.2) is 22.3 Å². The summed E-state index contributed by atoms with van der Waals surface area (Å²) in [4.78, 5) is 10.1. The SMILES string of the molecule is CCCCC[C@H](O)CC(=O)O. The van der Waals surface area contributed by atoms with E-state index in [4.69, 9.17) is 10.2 Å². The molecule has 3 heteroatoms. The Morgan fingerprint density at radius 2 is 2.09 bits per heavy atom. The molecule has 1 atom stereocenters. The van der Waals surface area contributed by atoms with E-state index in [2.05, 4.69) is 6.92 Å². The largest absolute Gasteiger partial charge is 0.481 e. The summed E-state index contributed by atoms with van der Waals surface area (Å²) in [5.41, 5.74) is 0. The van der Waals surface area contributed by atoms with Gasteiger partial charge in [0.25, 0.3) is 0 Å². The third-order valence-electron chi connectivity index (χ3n) is 1.55. The third-order valence-corrected chi connectivity index (χ3v) is 1.55. The summed E-state index contributed by atoms with van der Waals surface area (Å²) < 4.78 is 0. The van der Waals surface area contributed by atoms with Crippen LogP contribution >= 0.6 is 0 Å². The van der Waals surface area contributed by atoms with Crippen LogP contribution in [0.25, 0.3) is 0 Å². The molecule has 0 aliphatic rings. The van der Waals surface area contributed by atoms with Crippen LogP contribution in [0.3, 0.4) is 0 Å². The topological polar surface area (TPSA) is 57.5 Å². The molecular weight excluding hydrogens is 144 g/mol. The summed E-state index contributed by atoms with van der Waals surface area (Å²) >= 11 is 0. The van der Waals surface area contributed by atoms with E-state index in [9.17, 15) is 4.79 Å². The van der Waals surface area contributed by atoms with Crippen molar-refractivity contribution in [2.24, 2.45) is 0 Å². The highest BCUT2D eigenvalue weighted by molar-refractivity contribution is 5.67. The molecule has 0 unspecified atom stereocenters. The number of carboxylic acid groups (broad SMARTS) is 1. The minimum absolute atomic E-state index is 0.121. The molecule has 66 valence electrons. The smallest absolute Gasteiger partial charge is 0.305 e. The molecule has 0 fully saturated rings. The maximum Gasteiger partial charge on any atom is 0.305 e. The summed E-state index contributed by atoms with van der Waals surface area (Å²) in [6, 6.07) is 0. The van der Waals surface area contributed by atoms with Gasteiger partial charge in [-0.3, -0.25) is 4.79 Å². The average molecular weight is 160 g/mol. The molecule has 0 amide bonds. The van der Waals surface area contributed by atoms with Crippen LogP contribution in [0.2, 0.25) is 0 Å². The van der Waals surface area contributed by atoms with E-state index in [1.807, 2.05) is 0 Å². The predicted molar refractivity (Wildman–Crippen MR) is 42.4 cm³/mol. The Morgan fingerprint density at radius 3 is 2.55 bits per heavy atom. The molecule has 0 saturated carbocycles. The fourth-order valence-corrected chi connectivity index (χ4v) is 0.934. The number of carboxylic acids is 1. The van der Waals surface area contributed by atoms with Crippen molar-refractivity contribution in [1.29, 1.82) is 0 Å². The van der Waals surface area contributed by atoms with Gasteiger partial charge in [-0.15, -0.1) is 0 Å². The van der Waals surface area contributed by atoms with Gasteiger partial charge >= 0.3 is 5.97 Å². The summed E-state index contributed by atoms with van der Waals surface area (Å²) in [6.45, 7) is 2.07. The first-order valence-corrected chi connectivity index (χ1v) is 4.06. The fourth-order valence-electron chi connectivity index (χ4n) is 0.934. The highest BCUT2D eigenvalue weighted by Gasteiger charge is 2.07. The first-order valence-electron chi connectivity index (χ1n) is 4.06. The van der Waals surface area contributed by atoms with Gasteiger partial charge in [-0.2, -0.15) is 0 Å². The monoisotopic (exact) mass is 160 g/mol. The summed E-state index contributed by atoms with van der Waals surface area (Å²) in [5.74, 6) is -0.922. The summed E-state index contributed by atoms with van der Waals surface area (Å²) in [6.07, 6.45) is 2.92. The Balaban J connectivity index is 3.22. The van der Waals surface area contributed by atoms with Crippen molar-refractivity contribution in [1.82, 2.24) is 0 Å². The van der Waals surface area contributed by atoms with E-state index in [-0.39, 0.29) is 6.42 Å². The van der Waals surface area contributed by atoms with E-state index in [1.54, 1.807) is 0 Å². The van der Waals surface area contributed by atoms with Crippen LogP contribution in [0, 0.1) is 0 Å². The molecule has 11 heavy (non-hydrogen) atoms. The zero-order valence-electron chi connectivity index (χ0n) is 6.92. The van der Waals surface area contributed by atoms with Crippen molar-refractivity contribution in [3.63, 3.8) is 0 Å². The van der Waals surface area contributed by atoms with Gasteiger partial charge < -0.3 is 10.2 Å². The van der Waals surface area contributed by atoms with Crippen LogP contribution in [0.15, 0.2) is 0 Å². The number of aliphatic hydroxyl groups excluding tert-OH is 1. The minimum atomic E-state index is -0.922. The van der Waals surface area contributed by atoms with Gasteiger partial charge in [0.1, 0.15) is 0 Å². The predicted octanol–water partition coefficient (Wildman–Crippen LogP) is 1.40. The fraction of sp³-hybridized carbons (Fsp3) is 0.875. The highest BCUT2D eigenvalue weighted by atomic mass is 16.4. The molecule has 3 nitrogen and oxygen atoms in total. The van der Waals surface area contributed by atoms with Crippen LogP contribution in [0.1, 0.15) is 39.0 Å². The van der Waals surface area contributed by atoms with E-state index >= 15 is 0 Å². The summed E-state index contributed by atoms with van der Waals surface area (Å²) in [5, 5.41) is 17.3. The summed E-state index contributed by atoms with van der Waals surface area (Å²) in [7, 11) is 0. The molecule has 0 aliphatic heterocycles. The number of aliphatic hydroxyl groups is 1. The number of aliphatic carboxylic acids is 1. The first kappa shape index (κ1) is 10.4. The van der Waals surface area contributed by atoms with Crippen LogP contribution in [0.5, 0.6) is 0 Å². The van der Waals surface area contributed by atoms with Crippen molar-refractivity contribution in [2.45, 2.75) is 45.1 Å². The zero-order valence-corrected chi connectivity index (χ0v) is 6.92. The van der Waals surface area contributed by atoms with Crippen molar-refractivity contribution >= 4 is 5.97 Å². The average Bonchev–Trinajstić information content (AvgIpc) is 1.86. The van der Waals surface area contributed by atoms with E-state index in [1.165, 1.54) is 0 Å². The highest BCUT2D eigenvalue weighted by Crippen LogP contribution is 2.05. The zero-order chi connectivity index (χ0) is 8.69. The molecule has 0 rings (SSSR count). The second-order valence-electron chi connectivity index (χ2n) is 2.75. The van der Waals surface area contributed by atoms with Gasteiger partial charge in [-0.25, -0.2) is 0 Å². The van der Waals surface area contributed by atoms with Gasteiger partial charge in [0, 0.05) is 0 Å².